The summed E-state index contributed by atoms with van der Waals surface area (Å²) < 4.78 is 0. The maximum absolute atomic E-state index is 10.7. The monoisotopic (exact) mass is 475 g/mol. The fourth-order valence-corrected chi connectivity index (χ4v) is 3.00. The van der Waals surface area contributed by atoms with E-state index in [2.05, 4.69) is 41.3 Å². The largest absolute Gasteiger partial charge is 0.357 e. The summed E-state index contributed by atoms with van der Waals surface area (Å²) in [7, 11) is 0. The normalized spacial score (nSPS) is 20.7. The second-order valence-corrected chi connectivity index (χ2v) is 6.89. The summed E-state index contributed by atoms with van der Waals surface area (Å²) in [5.74, 6) is 1.36. The molecule has 2 unspecified atom stereocenters. The molecular weight excluding hydrogens is 445 g/mol. The number of benzene rings is 1. The lowest BCUT2D eigenvalue weighted by Crippen LogP contribution is -2.46. The van der Waals surface area contributed by atoms with Crippen LogP contribution >= 0.6 is 24.0 Å². The molecule has 1 heterocycles. The molecule has 1 aliphatic rings. The highest BCUT2D eigenvalue weighted by atomic mass is 127. The first-order chi connectivity index (χ1) is 11.9. The van der Waals surface area contributed by atoms with Crippen LogP contribution in [0.4, 0.5) is 5.69 Å². The Morgan fingerprint density at radius 3 is 2.50 bits per heavy atom. The van der Waals surface area contributed by atoms with E-state index >= 15 is 0 Å². The highest BCUT2D eigenvalue weighted by Gasteiger charge is 2.31. The van der Waals surface area contributed by atoms with Crippen LogP contribution < -0.4 is 10.6 Å². The van der Waals surface area contributed by atoms with Gasteiger partial charge in [0.1, 0.15) is 0 Å². The maximum Gasteiger partial charge on any atom is 0.269 e. The zero-order valence-corrected chi connectivity index (χ0v) is 18.3. The van der Waals surface area contributed by atoms with Crippen molar-refractivity contribution in [2.75, 3.05) is 19.6 Å². The first-order valence-corrected chi connectivity index (χ1v) is 8.93. The molecule has 1 fully saturated rings. The van der Waals surface area contributed by atoms with Gasteiger partial charge in [-0.3, -0.25) is 15.0 Å². The van der Waals surface area contributed by atoms with Crippen LogP contribution in [-0.4, -0.2) is 47.5 Å². The molecule has 0 amide bonds. The van der Waals surface area contributed by atoms with Crippen molar-refractivity contribution in [2.45, 2.75) is 46.3 Å². The summed E-state index contributed by atoms with van der Waals surface area (Å²) >= 11 is 0. The van der Waals surface area contributed by atoms with Crippen LogP contribution in [0.15, 0.2) is 29.3 Å². The first-order valence-electron chi connectivity index (χ1n) is 8.93. The summed E-state index contributed by atoms with van der Waals surface area (Å²) in [6.07, 6.45) is 0. The molecule has 1 saturated heterocycles. The van der Waals surface area contributed by atoms with Gasteiger partial charge < -0.3 is 10.6 Å². The number of halogens is 1. The van der Waals surface area contributed by atoms with Crippen molar-refractivity contribution in [3.63, 3.8) is 0 Å². The van der Waals surface area contributed by atoms with Gasteiger partial charge in [-0.25, -0.2) is 4.99 Å². The minimum absolute atomic E-state index is 0. The van der Waals surface area contributed by atoms with Crippen molar-refractivity contribution in [1.82, 2.24) is 15.5 Å². The fourth-order valence-electron chi connectivity index (χ4n) is 3.00. The summed E-state index contributed by atoms with van der Waals surface area (Å²) in [5, 5.41) is 17.5. The molecule has 7 nitrogen and oxygen atoms in total. The van der Waals surface area contributed by atoms with E-state index in [1.165, 1.54) is 12.1 Å². The van der Waals surface area contributed by atoms with Crippen molar-refractivity contribution < 1.29 is 4.92 Å². The predicted molar refractivity (Wildman–Crippen MR) is 116 cm³/mol. The van der Waals surface area contributed by atoms with Gasteiger partial charge in [0.2, 0.25) is 0 Å². The van der Waals surface area contributed by atoms with Crippen LogP contribution in [0.1, 0.15) is 33.3 Å². The van der Waals surface area contributed by atoms with Gasteiger partial charge >= 0.3 is 0 Å². The number of nitrogens with one attached hydrogen (secondary N) is 2. The molecule has 2 N–H and O–H groups in total. The Morgan fingerprint density at radius 2 is 2.00 bits per heavy atom. The quantitative estimate of drug-likeness (QED) is 0.217. The van der Waals surface area contributed by atoms with E-state index in [9.17, 15) is 10.1 Å². The first kappa shape index (κ1) is 22.6. The minimum atomic E-state index is -0.388. The molecule has 2 rings (SSSR count). The van der Waals surface area contributed by atoms with E-state index in [0.29, 0.717) is 24.5 Å². The van der Waals surface area contributed by atoms with Crippen molar-refractivity contribution >= 4 is 35.6 Å². The predicted octanol–water partition coefficient (Wildman–Crippen LogP) is 3.00. The van der Waals surface area contributed by atoms with Gasteiger partial charge in [0, 0.05) is 43.9 Å². The van der Waals surface area contributed by atoms with Crippen LogP contribution in [-0.2, 0) is 6.54 Å². The highest BCUT2D eigenvalue weighted by Crippen LogP contribution is 2.18. The van der Waals surface area contributed by atoms with Gasteiger partial charge in [-0.1, -0.05) is 19.1 Å². The lowest BCUT2D eigenvalue weighted by Gasteiger charge is -2.22. The van der Waals surface area contributed by atoms with Crippen molar-refractivity contribution in [1.29, 1.82) is 0 Å². The topological polar surface area (TPSA) is 82.8 Å². The molecule has 1 aliphatic heterocycles. The number of likely N-dealkylation sites (tertiary alicyclic amines) is 1. The Morgan fingerprint density at radius 1 is 1.35 bits per heavy atom. The minimum Gasteiger partial charge on any atom is -0.357 e. The number of nitro groups is 1. The summed E-state index contributed by atoms with van der Waals surface area (Å²) in [4.78, 5) is 17.4. The Labute approximate surface area is 172 Å². The summed E-state index contributed by atoms with van der Waals surface area (Å²) in [5.41, 5.74) is 1.05. The van der Waals surface area contributed by atoms with Crippen molar-refractivity contribution in [3.05, 3.63) is 39.9 Å². The molecule has 0 aromatic heterocycles. The molecule has 146 valence electrons. The number of non-ortho nitro benzene ring substituents is 1. The molecule has 26 heavy (non-hydrogen) atoms. The molecular formula is C18H30IN5O2. The average molecular weight is 475 g/mol. The van der Waals surface area contributed by atoms with E-state index in [-0.39, 0.29) is 34.6 Å². The zero-order chi connectivity index (χ0) is 18.4. The number of nitro benzene ring substituents is 1. The van der Waals surface area contributed by atoms with Crippen LogP contribution in [0.2, 0.25) is 0 Å². The Kier molecular flexibility index (Phi) is 9.28. The third-order valence-corrected chi connectivity index (χ3v) is 4.60. The van der Waals surface area contributed by atoms with E-state index in [0.717, 1.165) is 31.2 Å². The average Bonchev–Trinajstić information content (AvgIpc) is 2.94. The second kappa shape index (κ2) is 10.7. The second-order valence-electron chi connectivity index (χ2n) is 6.89. The number of nitrogens with zero attached hydrogens (tertiary/aromatic N) is 3. The van der Waals surface area contributed by atoms with Crippen LogP contribution in [0, 0.1) is 16.0 Å². The van der Waals surface area contributed by atoms with Gasteiger partial charge in [-0.2, -0.15) is 0 Å². The Balaban J connectivity index is 0.00000338. The van der Waals surface area contributed by atoms with Crippen molar-refractivity contribution in [2.24, 2.45) is 10.9 Å². The Bertz CT molecular complexity index is 606. The smallest absolute Gasteiger partial charge is 0.269 e. The Hall–Kier alpha value is -1.42. The molecule has 1 aromatic carbocycles. The lowest BCUT2D eigenvalue weighted by molar-refractivity contribution is -0.384. The van der Waals surface area contributed by atoms with E-state index in [1.54, 1.807) is 12.1 Å². The number of rotatable bonds is 6. The van der Waals surface area contributed by atoms with E-state index in [4.69, 9.17) is 0 Å². The molecule has 8 heteroatoms. The summed E-state index contributed by atoms with van der Waals surface area (Å²) in [6, 6.07) is 7.47. The van der Waals surface area contributed by atoms with Crippen LogP contribution in [0.3, 0.4) is 0 Å². The van der Waals surface area contributed by atoms with E-state index < -0.39 is 0 Å². The molecule has 0 bridgehead atoms. The molecule has 0 radical (unpaired) electrons. The zero-order valence-electron chi connectivity index (χ0n) is 15.9. The number of aliphatic imine (C=N–C) groups is 1. The van der Waals surface area contributed by atoms with Gasteiger partial charge in [0.15, 0.2) is 5.96 Å². The lowest BCUT2D eigenvalue weighted by atomic mass is 10.1. The van der Waals surface area contributed by atoms with Gasteiger partial charge in [0.05, 0.1) is 11.5 Å². The maximum atomic E-state index is 10.7. The summed E-state index contributed by atoms with van der Waals surface area (Å²) in [6.45, 7) is 12.1. The molecule has 0 aliphatic carbocycles. The number of guanidine groups is 1. The van der Waals surface area contributed by atoms with Gasteiger partial charge in [-0.05, 0) is 32.3 Å². The third-order valence-electron chi connectivity index (χ3n) is 4.60. The van der Waals surface area contributed by atoms with Gasteiger partial charge in [0.25, 0.3) is 5.69 Å². The van der Waals surface area contributed by atoms with Crippen LogP contribution in [0.25, 0.3) is 0 Å². The van der Waals surface area contributed by atoms with Gasteiger partial charge in [-0.15, -0.1) is 24.0 Å². The molecule has 1 aromatic rings. The standard InChI is InChI=1S/C18H29N5O2.HI/c1-5-19-18(21-17-12-22(13(2)3)11-14(17)4)20-10-15-6-8-16(9-7-15)23(24)25;/h6-9,13-14,17H,5,10-12H2,1-4H3,(H2,19,20,21);1H. The fraction of sp³-hybridized carbons (Fsp3) is 0.611. The molecule has 0 spiro atoms. The molecule has 2 atom stereocenters. The van der Waals surface area contributed by atoms with E-state index in [1.807, 2.05) is 6.92 Å². The van der Waals surface area contributed by atoms with Crippen LogP contribution in [0.5, 0.6) is 0 Å². The number of hydrogen-bond acceptors (Lipinski definition) is 4. The number of hydrogen-bond donors (Lipinski definition) is 2. The highest BCUT2D eigenvalue weighted by molar-refractivity contribution is 14.0. The molecule has 0 saturated carbocycles. The third kappa shape index (κ3) is 6.39. The van der Waals surface area contributed by atoms with Crippen molar-refractivity contribution in [3.8, 4) is 0 Å². The SMILES string of the molecule is CCNC(=NCc1ccc([N+](=O)[O-])cc1)NC1CN(C(C)C)CC1C.I.